The number of pyridine rings is 1. The number of fused-ring (bicyclic) bond motifs is 1. The zero-order valence-electron chi connectivity index (χ0n) is 12.0. The highest BCUT2D eigenvalue weighted by molar-refractivity contribution is 5.42. The van der Waals surface area contributed by atoms with Gasteiger partial charge in [0.05, 0.1) is 6.61 Å². The van der Waals surface area contributed by atoms with E-state index in [0.29, 0.717) is 5.92 Å². The fraction of sp³-hybridized carbons (Fsp3) is 0.353. The Hall–Kier alpha value is -1.87. The van der Waals surface area contributed by atoms with Crippen molar-refractivity contribution in [2.45, 2.75) is 25.8 Å². The Balaban J connectivity index is 1.96. The number of rotatable bonds is 4. The Morgan fingerprint density at radius 2 is 2.20 bits per heavy atom. The summed E-state index contributed by atoms with van der Waals surface area (Å²) in [5, 5.41) is 3.59. The molecule has 0 bridgehead atoms. The number of nitrogens with zero attached hydrogens (tertiary/aromatic N) is 1. The molecule has 104 valence electrons. The second kappa shape index (κ2) is 5.63. The van der Waals surface area contributed by atoms with Gasteiger partial charge in [-0.1, -0.05) is 31.2 Å². The molecule has 0 fully saturated rings. The molecule has 1 aromatic heterocycles. The molecule has 1 N–H and O–H groups in total. The van der Waals surface area contributed by atoms with Gasteiger partial charge in [-0.2, -0.15) is 0 Å². The predicted octanol–water partition coefficient (Wildman–Crippen LogP) is 3.22. The van der Waals surface area contributed by atoms with Crippen molar-refractivity contribution in [2.75, 3.05) is 13.2 Å². The van der Waals surface area contributed by atoms with Crippen LogP contribution in [0.5, 0.6) is 5.75 Å². The number of hydrogen-bond acceptors (Lipinski definition) is 3. The second-order valence-electron chi connectivity index (χ2n) is 5.29. The molecular formula is C17H20N2O. The topological polar surface area (TPSA) is 34.2 Å². The lowest BCUT2D eigenvalue weighted by Gasteiger charge is -2.24. The van der Waals surface area contributed by atoms with E-state index >= 15 is 0 Å². The number of likely N-dealkylation sites (N-methyl/N-ethyl adjacent to an activating group) is 1. The van der Waals surface area contributed by atoms with Crippen molar-refractivity contribution in [3.05, 3.63) is 59.4 Å². The van der Waals surface area contributed by atoms with Crippen LogP contribution in [0.4, 0.5) is 0 Å². The van der Waals surface area contributed by atoms with E-state index in [0.717, 1.165) is 18.9 Å². The maximum Gasteiger partial charge on any atom is 0.122 e. The predicted molar refractivity (Wildman–Crippen MR) is 80.1 cm³/mol. The lowest BCUT2D eigenvalue weighted by molar-refractivity contribution is 0.300. The van der Waals surface area contributed by atoms with Gasteiger partial charge in [-0.25, -0.2) is 0 Å². The molecule has 1 aliphatic heterocycles. The minimum atomic E-state index is 0.246. The van der Waals surface area contributed by atoms with Gasteiger partial charge in [0.15, 0.2) is 0 Å². The molecule has 1 aliphatic rings. The van der Waals surface area contributed by atoms with Gasteiger partial charge >= 0.3 is 0 Å². The molecule has 3 rings (SSSR count). The average Bonchev–Trinajstić information content (AvgIpc) is 2.88. The summed E-state index contributed by atoms with van der Waals surface area (Å²) in [6.45, 7) is 5.87. The minimum Gasteiger partial charge on any atom is -0.493 e. The third-order valence-corrected chi connectivity index (χ3v) is 3.82. The van der Waals surface area contributed by atoms with Crippen molar-refractivity contribution >= 4 is 0 Å². The van der Waals surface area contributed by atoms with Gasteiger partial charge in [-0.3, -0.25) is 4.98 Å². The number of aryl methyl sites for hydroxylation is 1. The fourth-order valence-corrected chi connectivity index (χ4v) is 2.92. The van der Waals surface area contributed by atoms with Gasteiger partial charge in [-0.15, -0.1) is 0 Å². The van der Waals surface area contributed by atoms with Crippen LogP contribution >= 0.6 is 0 Å². The van der Waals surface area contributed by atoms with Crippen LogP contribution in [0.25, 0.3) is 0 Å². The van der Waals surface area contributed by atoms with Crippen molar-refractivity contribution in [1.82, 2.24) is 10.3 Å². The summed E-state index contributed by atoms with van der Waals surface area (Å²) in [7, 11) is 0. The van der Waals surface area contributed by atoms with E-state index in [4.69, 9.17) is 4.74 Å². The number of hydrogen-bond donors (Lipinski definition) is 1. The van der Waals surface area contributed by atoms with Gasteiger partial charge < -0.3 is 10.1 Å². The van der Waals surface area contributed by atoms with Crippen molar-refractivity contribution in [1.29, 1.82) is 0 Å². The first-order valence-electron chi connectivity index (χ1n) is 7.16. The van der Waals surface area contributed by atoms with Crippen LogP contribution in [0.2, 0.25) is 0 Å². The normalized spacial score (nSPS) is 18.4. The molecule has 2 heterocycles. The molecule has 1 aromatic carbocycles. The van der Waals surface area contributed by atoms with Gasteiger partial charge in [-0.05, 0) is 30.7 Å². The fourth-order valence-electron chi connectivity index (χ4n) is 2.92. The van der Waals surface area contributed by atoms with Gasteiger partial charge in [0.2, 0.25) is 0 Å². The number of benzene rings is 1. The molecule has 2 aromatic rings. The molecule has 0 spiro atoms. The van der Waals surface area contributed by atoms with E-state index < -0.39 is 0 Å². The smallest absolute Gasteiger partial charge is 0.122 e. The Bertz CT molecular complexity index is 597. The summed E-state index contributed by atoms with van der Waals surface area (Å²) in [5.74, 6) is 1.36. The van der Waals surface area contributed by atoms with E-state index in [9.17, 15) is 0 Å². The molecule has 0 radical (unpaired) electrons. The van der Waals surface area contributed by atoms with Crippen LogP contribution in [0, 0.1) is 6.92 Å². The molecule has 0 aliphatic carbocycles. The molecule has 2 unspecified atom stereocenters. The zero-order chi connectivity index (χ0) is 13.9. The number of para-hydroxylation sites is 1. The summed E-state index contributed by atoms with van der Waals surface area (Å²) >= 11 is 0. The third kappa shape index (κ3) is 2.41. The summed E-state index contributed by atoms with van der Waals surface area (Å²) in [5.41, 5.74) is 3.72. The first-order valence-corrected chi connectivity index (χ1v) is 7.16. The van der Waals surface area contributed by atoms with Crippen molar-refractivity contribution in [3.8, 4) is 5.75 Å². The van der Waals surface area contributed by atoms with Crippen LogP contribution in [0.15, 0.2) is 42.7 Å². The van der Waals surface area contributed by atoms with Gasteiger partial charge in [0.1, 0.15) is 5.75 Å². The number of ether oxygens (including phenoxy) is 1. The minimum absolute atomic E-state index is 0.246. The van der Waals surface area contributed by atoms with Crippen molar-refractivity contribution < 1.29 is 4.74 Å². The lowest BCUT2D eigenvalue weighted by Crippen LogP contribution is -2.28. The highest BCUT2D eigenvalue weighted by Crippen LogP contribution is 2.41. The maximum absolute atomic E-state index is 5.83. The maximum atomic E-state index is 5.83. The third-order valence-electron chi connectivity index (χ3n) is 3.82. The Kier molecular flexibility index (Phi) is 3.70. The summed E-state index contributed by atoms with van der Waals surface area (Å²) in [4.78, 5) is 4.33. The monoisotopic (exact) mass is 268 g/mol. The standard InChI is InChI=1S/C17H20N2O/c1-3-19-17(13-8-12(2)9-18-10-13)15-11-20-16-7-5-4-6-14(15)16/h4-10,15,17,19H,3,11H2,1-2H3. The first kappa shape index (κ1) is 13.1. The van der Waals surface area contributed by atoms with E-state index in [-0.39, 0.29) is 6.04 Å². The first-order chi connectivity index (χ1) is 9.79. The van der Waals surface area contributed by atoms with Crippen LogP contribution in [-0.4, -0.2) is 18.1 Å². The molecular weight excluding hydrogens is 248 g/mol. The van der Waals surface area contributed by atoms with Crippen LogP contribution in [-0.2, 0) is 0 Å². The highest BCUT2D eigenvalue weighted by Gasteiger charge is 2.31. The molecule has 2 atom stereocenters. The van der Waals surface area contributed by atoms with E-state index in [1.807, 2.05) is 24.5 Å². The Labute approximate surface area is 120 Å². The van der Waals surface area contributed by atoms with Crippen LogP contribution in [0.1, 0.15) is 35.6 Å². The molecule has 20 heavy (non-hydrogen) atoms. The molecule has 3 heteroatoms. The van der Waals surface area contributed by atoms with Gasteiger partial charge in [0, 0.05) is 29.9 Å². The number of aromatic nitrogens is 1. The quantitative estimate of drug-likeness (QED) is 0.924. The largest absolute Gasteiger partial charge is 0.493 e. The second-order valence-corrected chi connectivity index (χ2v) is 5.29. The van der Waals surface area contributed by atoms with Crippen LogP contribution in [0.3, 0.4) is 0 Å². The highest BCUT2D eigenvalue weighted by atomic mass is 16.5. The van der Waals surface area contributed by atoms with Crippen LogP contribution < -0.4 is 10.1 Å². The summed E-state index contributed by atoms with van der Waals surface area (Å²) < 4.78 is 5.83. The Morgan fingerprint density at radius 3 is 3.00 bits per heavy atom. The lowest BCUT2D eigenvalue weighted by atomic mass is 9.89. The molecule has 0 saturated carbocycles. The zero-order valence-corrected chi connectivity index (χ0v) is 12.0. The average molecular weight is 268 g/mol. The number of nitrogens with one attached hydrogen (secondary N) is 1. The summed E-state index contributed by atoms with van der Waals surface area (Å²) in [6, 6.07) is 10.8. The van der Waals surface area contributed by atoms with E-state index in [2.05, 4.69) is 42.3 Å². The van der Waals surface area contributed by atoms with E-state index in [1.165, 1.54) is 16.7 Å². The molecule has 3 nitrogen and oxygen atoms in total. The molecule has 0 saturated heterocycles. The molecule has 0 amide bonds. The van der Waals surface area contributed by atoms with E-state index in [1.54, 1.807) is 0 Å². The van der Waals surface area contributed by atoms with Gasteiger partial charge in [0.25, 0.3) is 0 Å². The summed E-state index contributed by atoms with van der Waals surface area (Å²) in [6.07, 6.45) is 3.85. The SMILES string of the molecule is CCNC(c1cncc(C)c1)C1COc2ccccc21. The van der Waals surface area contributed by atoms with Crippen molar-refractivity contribution in [2.24, 2.45) is 0 Å². The van der Waals surface area contributed by atoms with Crippen molar-refractivity contribution in [3.63, 3.8) is 0 Å². The Morgan fingerprint density at radius 1 is 1.35 bits per heavy atom.